The largest absolute Gasteiger partial charge is 0.457 e. The molecule has 0 bridgehead atoms. The van der Waals surface area contributed by atoms with Gasteiger partial charge in [0.2, 0.25) is 0 Å². The van der Waals surface area contributed by atoms with Crippen molar-refractivity contribution in [3.05, 3.63) is 258 Å². The van der Waals surface area contributed by atoms with E-state index in [1.165, 1.54) is 38.9 Å². The van der Waals surface area contributed by atoms with Crippen LogP contribution in [0.2, 0.25) is 0 Å². The normalized spacial score (nSPS) is 16.3. The average molecular weight is 807 g/mol. The molecule has 9 aromatic rings. The highest BCUT2D eigenvalue weighted by molar-refractivity contribution is 5.91. The van der Waals surface area contributed by atoms with E-state index in [0.717, 1.165) is 68.3 Å². The Morgan fingerprint density at radius 1 is 0.429 bits per heavy atom. The number of aromatic nitrogens is 2. The maximum atomic E-state index is 6.79. The Labute approximate surface area is 368 Å². The molecule has 1 aromatic heterocycles. The monoisotopic (exact) mass is 806 g/mol. The van der Waals surface area contributed by atoms with Crippen molar-refractivity contribution in [2.45, 2.75) is 24.2 Å². The zero-order chi connectivity index (χ0) is 42.0. The number of hydrogen-bond acceptors (Lipinski definition) is 3. The first-order valence-corrected chi connectivity index (χ1v) is 21.8. The number of hydrogen-bond donors (Lipinski definition) is 0. The summed E-state index contributed by atoms with van der Waals surface area (Å²) in [6, 6.07) is 73.8. The van der Waals surface area contributed by atoms with E-state index in [2.05, 4.69) is 231 Å². The van der Waals surface area contributed by atoms with Gasteiger partial charge in [-0.15, -0.1) is 0 Å². The number of fused-ring (bicyclic) bond motifs is 9. The van der Waals surface area contributed by atoms with Crippen molar-refractivity contribution >= 4 is 5.57 Å². The number of allylic oxidation sites excluding steroid dienone is 4. The molecule has 0 radical (unpaired) electrons. The topological polar surface area (TPSA) is 35.0 Å². The molecule has 3 aliphatic rings. The van der Waals surface area contributed by atoms with Gasteiger partial charge in [-0.05, 0) is 80.8 Å². The molecular formula is C60H42N2O. The van der Waals surface area contributed by atoms with Gasteiger partial charge >= 0.3 is 0 Å². The Bertz CT molecular complexity index is 3250. The second-order valence-electron chi connectivity index (χ2n) is 17.1. The van der Waals surface area contributed by atoms with Crippen LogP contribution in [-0.4, -0.2) is 9.97 Å². The summed E-state index contributed by atoms with van der Waals surface area (Å²) in [5, 5.41) is 0. The molecule has 63 heavy (non-hydrogen) atoms. The predicted molar refractivity (Wildman–Crippen MR) is 257 cm³/mol. The van der Waals surface area contributed by atoms with E-state index in [0.29, 0.717) is 5.82 Å². The highest BCUT2D eigenvalue weighted by Crippen LogP contribution is 2.62. The summed E-state index contributed by atoms with van der Waals surface area (Å²) in [5.41, 5.74) is 17.4. The van der Waals surface area contributed by atoms with Gasteiger partial charge in [-0.2, -0.15) is 0 Å². The number of benzene rings is 8. The summed E-state index contributed by atoms with van der Waals surface area (Å²) < 4.78 is 6.79. The van der Waals surface area contributed by atoms with E-state index < -0.39 is 5.41 Å². The molecule has 1 spiro atoms. The Morgan fingerprint density at radius 2 is 0.968 bits per heavy atom. The third-order valence-corrected chi connectivity index (χ3v) is 13.4. The Hall–Kier alpha value is -7.88. The van der Waals surface area contributed by atoms with Gasteiger partial charge in [-0.25, -0.2) is 9.97 Å². The number of rotatable bonds is 6. The third-order valence-electron chi connectivity index (χ3n) is 13.4. The molecule has 3 nitrogen and oxygen atoms in total. The maximum Gasteiger partial charge on any atom is 0.160 e. The standard InChI is InChI=1S/C60H42N2O/c1-59(45-18-6-3-7-19-45)36-34-43(35-37-59)58-61-54(42-30-28-41(29-31-42)40-16-4-2-5-17-40)39-55(62-58)49-23-9-8-20-46(49)44-32-33-57-53(38-44)60(52-26-14-15-27-56(52)63-57)50-24-12-10-21-47(50)48-22-11-13-25-51(48)60/h2-36,38-39H,37H2,1H3. The van der Waals surface area contributed by atoms with Gasteiger partial charge in [0.1, 0.15) is 11.5 Å². The van der Waals surface area contributed by atoms with Crippen molar-refractivity contribution in [2.24, 2.45) is 0 Å². The van der Waals surface area contributed by atoms with Crippen molar-refractivity contribution in [3.63, 3.8) is 0 Å². The van der Waals surface area contributed by atoms with Crippen molar-refractivity contribution in [2.75, 3.05) is 0 Å². The third kappa shape index (κ3) is 5.96. The molecule has 0 saturated carbocycles. The average Bonchev–Trinajstić information content (AvgIpc) is 3.65. The Balaban J connectivity index is 1.02. The summed E-state index contributed by atoms with van der Waals surface area (Å²) >= 11 is 0. The van der Waals surface area contributed by atoms with Crippen molar-refractivity contribution in [1.82, 2.24) is 9.97 Å². The van der Waals surface area contributed by atoms with Crippen LogP contribution in [-0.2, 0) is 10.8 Å². The van der Waals surface area contributed by atoms with E-state index >= 15 is 0 Å². The molecule has 1 unspecified atom stereocenters. The molecule has 2 aliphatic carbocycles. The number of para-hydroxylation sites is 1. The predicted octanol–water partition coefficient (Wildman–Crippen LogP) is 14.9. The van der Waals surface area contributed by atoms with E-state index in [-0.39, 0.29) is 5.41 Å². The fourth-order valence-corrected chi connectivity index (χ4v) is 10.2. The van der Waals surface area contributed by atoms with Crippen LogP contribution in [0.5, 0.6) is 11.5 Å². The van der Waals surface area contributed by atoms with Crippen LogP contribution in [0.15, 0.2) is 224 Å². The first-order chi connectivity index (χ1) is 31.1. The second kappa shape index (κ2) is 14.6. The van der Waals surface area contributed by atoms with Crippen molar-refractivity contribution < 1.29 is 4.74 Å². The van der Waals surface area contributed by atoms with Crippen LogP contribution >= 0.6 is 0 Å². The molecule has 0 saturated heterocycles. The SMILES string of the molecule is CC1(c2ccccc2)C=CC(c2nc(-c3ccc(-c4ccccc4)cc3)cc(-c3ccccc3-c3ccc4c(c3)C3(c5ccccc5O4)c4ccccc4-c4ccccc43)n2)=CC1. The highest BCUT2D eigenvalue weighted by atomic mass is 16.5. The lowest BCUT2D eigenvalue weighted by atomic mass is 9.65. The molecule has 12 rings (SSSR count). The fourth-order valence-electron chi connectivity index (χ4n) is 10.2. The van der Waals surface area contributed by atoms with Crippen molar-refractivity contribution in [1.29, 1.82) is 0 Å². The molecule has 2 heterocycles. The summed E-state index contributed by atoms with van der Waals surface area (Å²) in [7, 11) is 0. The van der Waals surface area contributed by atoms with Crippen LogP contribution in [0.4, 0.5) is 0 Å². The lowest BCUT2D eigenvalue weighted by Crippen LogP contribution is -2.32. The zero-order valence-corrected chi connectivity index (χ0v) is 34.9. The summed E-state index contributed by atoms with van der Waals surface area (Å²) in [6.45, 7) is 2.30. The van der Waals surface area contributed by atoms with E-state index in [1.807, 2.05) is 0 Å². The molecular weight excluding hydrogens is 765 g/mol. The molecule has 1 aliphatic heterocycles. The number of ether oxygens (including phenoxy) is 1. The minimum atomic E-state index is -0.558. The Morgan fingerprint density at radius 3 is 1.67 bits per heavy atom. The summed E-state index contributed by atoms with van der Waals surface area (Å²) in [5.74, 6) is 2.47. The van der Waals surface area contributed by atoms with E-state index in [9.17, 15) is 0 Å². The van der Waals surface area contributed by atoms with E-state index in [1.54, 1.807) is 0 Å². The van der Waals surface area contributed by atoms with Gasteiger partial charge in [-0.3, -0.25) is 0 Å². The number of nitrogens with zero attached hydrogens (tertiary/aromatic N) is 2. The quantitative estimate of drug-likeness (QED) is 0.168. The second-order valence-corrected chi connectivity index (χ2v) is 17.1. The van der Waals surface area contributed by atoms with Crippen molar-refractivity contribution in [3.8, 4) is 67.4 Å². The molecule has 8 aromatic carbocycles. The first-order valence-electron chi connectivity index (χ1n) is 21.8. The van der Waals surface area contributed by atoms with Crippen LogP contribution in [0.1, 0.15) is 47.0 Å². The highest BCUT2D eigenvalue weighted by Gasteiger charge is 2.51. The lowest BCUT2D eigenvalue weighted by molar-refractivity contribution is 0.436. The molecule has 0 N–H and O–H groups in total. The molecule has 0 fully saturated rings. The Kier molecular flexibility index (Phi) is 8.58. The fraction of sp³-hybridized carbons (Fsp3) is 0.0667. The van der Waals surface area contributed by atoms with Crippen LogP contribution in [0, 0.1) is 0 Å². The first kappa shape index (κ1) is 36.9. The van der Waals surface area contributed by atoms with E-state index in [4.69, 9.17) is 14.7 Å². The lowest BCUT2D eigenvalue weighted by Gasteiger charge is -2.39. The van der Waals surface area contributed by atoms with Gasteiger partial charge in [0.05, 0.1) is 16.8 Å². The van der Waals surface area contributed by atoms with Gasteiger partial charge < -0.3 is 4.74 Å². The molecule has 1 atom stereocenters. The van der Waals surface area contributed by atoms with Gasteiger partial charge in [-0.1, -0.05) is 207 Å². The maximum absolute atomic E-state index is 6.79. The van der Waals surface area contributed by atoms with Crippen LogP contribution in [0.3, 0.4) is 0 Å². The van der Waals surface area contributed by atoms with Gasteiger partial charge in [0.25, 0.3) is 0 Å². The summed E-state index contributed by atoms with van der Waals surface area (Å²) in [6.07, 6.45) is 7.68. The van der Waals surface area contributed by atoms with Crippen LogP contribution in [0.25, 0.3) is 61.5 Å². The molecule has 298 valence electrons. The molecule has 3 heteroatoms. The van der Waals surface area contributed by atoms with Crippen LogP contribution < -0.4 is 4.74 Å². The zero-order valence-electron chi connectivity index (χ0n) is 34.9. The minimum absolute atomic E-state index is 0.112. The van der Waals surface area contributed by atoms with Gasteiger partial charge in [0, 0.05) is 33.2 Å². The minimum Gasteiger partial charge on any atom is -0.457 e. The smallest absolute Gasteiger partial charge is 0.160 e. The molecule has 0 amide bonds. The summed E-state index contributed by atoms with van der Waals surface area (Å²) in [4.78, 5) is 10.7. The van der Waals surface area contributed by atoms with Gasteiger partial charge in [0.15, 0.2) is 5.82 Å².